The van der Waals surface area contributed by atoms with Crippen molar-refractivity contribution < 1.29 is 18.4 Å². The smallest absolute Gasteiger partial charge is 0.342 e. The minimum absolute atomic E-state index is 0.239. The van der Waals surface area contributed by atoms with Crippen molar-refractivity contribution in [1.82, 2.24) is 5.32 Å². The van der Waals surface area contributed by atoms with E-state index in [1.807, 2.05) is 6.07 Å². The summed E-state index contributed by atoms with van der Waals surface area (Å²) in [4.78, 5) is 11.4. The van der Waals surface area contributed by atoms with E-state index >= 15 is 0 Å². The van der Waals surface area contributed by atoms with E-state index in [-0.39, 0.29) is 19.1 Å². The highest BCUT2D eigenvalue weighted by atomic mass is 35.5. The Hall–Kier alpha value is -0.870. The molecule has 5 nitrogen and oxygen atoms in total. The molecular weight excluding hydrogens is 313 g/mol. The third kappa shape index (κ3) is 5.79. The van der Waals surface area contributed by atoms with Crippen LogP contribution in [-0.4, -0.2) is 24.9 Å². The maximum absolute atomic E-state index is 12.8. The van der Waals surface area contributed by atoms with Gasteiger partial charge < -0.3 is 14.4 Å². The summed E-state index contributed by atoms with van der Waals surface area (Å²) in [6.45, 7) is 5.31. The molecule has 0 aromatic heterocycles. The van der Waals surface area contributed by atoms with Crippen LogP contribution >= 0.6 is 19.2 Å². The molecule has 0 bridgehead atoms. The molecule has 0 aliphatic heterocycles. The third-order valence-electron chi connectivity index (χ3n) is 2.69. The molecule has 1 aromatic rings. The Balaban J connectivity index is 3.02. The summed E-state index contributed by atoms with van der Waals surface area (Å²) in [6, 6.07) is 7.17. The third-order valence-corrected chi connectivity index (χ3v) is 5.23. The van der Waals surface area contributed by atoms with Crippen molar-refractivity contribution in [3.8, 4) is 0 Å². The first-order valence-corrected chi connectivity index (χ1v) is 8.80. The number of nitrogens with one attached hydrogen (secondary N) is 1. The molecule has 1 rings (SSSR count). The number of benzene rings is 1. The standard InChI is InChI=1S/C14H21ClNO4P/c1-4-19-21(18,20-5-2)14(16-11(3)17)10-12-7-6-8-13(15)9-12/h6-9,14H,4-5,10H2,1-3H3,(H,16,17)/t14-/m1/s1. The molecule has 21 heavy (non-hydrogen) atoms. The van der Waals surface area contributed by atoms with Crippen molar-refractivity contribution in [3.05, 3.63) is 34.9 Å². The molecule has 0 saturated heterocycles. The van der Waals surface area contributed by atoms with Crippen LogP contribution in [0.1, 0.15) is 26.3 Å². The molecule has 0 aliphatic carbocycles. The summed E-state index contributed by atoms with van der Waals surface area (Å²) < 4.78 is 23.5. The van der Waals surface area contributed by atoms with Crippen molar-refractivity contribution >= 4 is 25.1 Å². The Morgan fingerprint density at radius 2 is 1.95 bits per heavy atom. The molecule has 1 atom stereocenters. The first kappa shape index (κ1) is 18.2. The molecule has 1 N–H and O–H groups in total. The van der Waals surface area contributed by atoms with Gasteiger partial charge in [-0.3, -0.25) is 9.36 Å². The van der Waals surface area contributed by atoms with Gasteiger partial charge in [-0.05, 0) is 31.5 Å². The van der Waals surface area contributed by atoms with Crippen LogP contribution in [0.25, 0.3) is 0 Å². The summed E-state index contributed by atoms with van der Waals surface area (Å²) in [5.74, 6) is -1.03. The summed E-state index contributed by atoms with van der Waals surface area (Å²) in [5, 5.41) is 3.24. The maximum atomic E-state index is 12.8. The molecule has 0 fully saturated rings. The molecule has 0 aliphatic rings. The second-order valence-electron chi connectivity index (χ2n) is 4.43. The molecule has 118 valence electrons. The highest BCUT2D eigenvalue weighted by Gasteiger charge is 2.36. The Labute approximate surface area is 130 Å². The molecule has 0 unspecified atom stereocenters. The van der Waals surface area contributed by atoms with Crippen molar-refractivity contribution in [2.45, 2.75) is 33.0 Å². The van der Waals surface area contributed by atoms with E-state index in [1.54, 1.807) is 32.0 Å². The molecule has 0 saturated carbocycles. The lowest BCUT2D eigenvalue weighted by Gasteiger charge is -2.26. The first-order chi connectivity index (χ1) is 9.91. The van der Waals surface area contributed by atoms with Crippen molar-refractivity contribution in [3.63, 3.8) is 0 Å². The Kier molecular flexibility index (Phi) is 7.40. The lowest BCUT2D eigenvalue weighted by molar-refractivity contribution is -0.119. The van der Waals surface area contributed by atoms with E-state index in [0.717, 1.165) is 5.56 Å². The Morgan fingerprint density at radius 1 is 1.33 bits per heavy atom. The molecule has 1 aromatic carbocycles. The highest BCUT2D eigenvalue weighted by Crippen LogP contribution is 2.52. The summed E-state index contributed by atoms with van der Waals surface area (Å²) in [7, 11) is -3.44. The van der Waals surface area contributed by atoms with Crippen molar-refractivity contribution in [2.75, 3.05) is 13.2 Å². The summed E-state index contributed by atoms with van der Waals surface area (Å²) >= 11 is 5.95. The first-order valence-electron chi connectivity index (χ1n) is 6.81. The molecule has 0 spiro atoms. The predicted octanol–water partition coefficient (Wildman–Crippen LogP) is 3.61. The van der Waals surface area contributed by atoms with E-state index in [0.29, 0.717) is 11.4 Å². The van der Waals surface area contributed by atoms with E-state index < -0.39 is 13.4 Å². The lowest BCUT2D eigenvalue weighted by Crippen LogP contribution is -2.36. The second kappa shape index (κ2) is 8.54. The van der Waals surface area contributed by atoms with E-state index in [9.17, 15) is 9.36 Å². The zero-order valence-electron chi connectivity index (χ0n) is 12.5. The fourth-order valence-electron chi connectivity index (χ4n) is 1.94. The van der Waals surface area contributed by atoms with Crippen molar-refractivity contribution in [2.24, 2.45) is 0 Å². The fourth-order valence-corrected chi connectivity index (χ4v) is 4.08. The van der Waals surface area contributed by atoms with Gasteiger partial charge in [0.1, 0.15) is 5.78 Å². The van der Waals surface area contributed by atoms with Gasteiger partial charge in [0.15, 0.2) is 0 Å². The van der Waals surface area contributed by atoms with Crippen LogP contribution in [0.2, 0.25) is 5.02 Å². The monoisotopic (exact) mass is 333 g/mol. The van der Waals surface area contributed by atoms with Gasteiger partial charge >= 0.3 is 7.60 Å². The minimum Gasteiger partial charge on any atom is -0.342 e. The van der Waals surface area contributed by atoms with E-state index in [1.165, 1.54) is 6.92 Å². The SMILES string of the molecule is CCOP(=O)(OCC)[C@H](Cc1cccc(Cl)c1)NC(C)=O. The maximum Gasteiger partial charge on any atom is 0.353 e. The van der Waals surface area contributed by atoms with Gasteiger partial charge in [-0.2, -0.15) is 0 Å². The van der Waals surface area contributed by atoms with Crippen molar-refractivity contribution in [1.29, 1.82) is 0 Å². The van der Waals surface area contributed by atoms with Crippen LogP contribution in [0.5, 0.6) is 0 Å². The number of hydrogen-bond donors (Lipinski definition) is 1. The largest absolute Gasteiger partial charge is 0.353 e. The number of carbonyl (C=O) groups excluding carboxylic acids is 1. The number of hydrogen-bond acceptors (Lipinski definition) is 4. The van der Waals surface area contributed by atoms with E-state index in [4.69, 9.17) is 20.6 Å². The van der Waals surface area contributed by atoms with Crippen LogP contribution in [0, 0.1) is 0 Å². The van der Waals surface area contributed by atoms with Gasteiger partial charge in [0.2, 0.25) is 5.91 Å². The zero-order valence-corrected chi connectivity index (χ0v) is 14.1. The minimum atomic E-state index is -3.44. The number of rotatable bonds is 8. The normalized spacial score (nSPS) is 13.0. The van der Waals surface area contributed by atoms with Crippen LogP contribution in [0.4, 0.5) is 0 Å². The fraction of sp³-hybridized carbons (Fsp3) is 0.500. The Morgan fingerprint density at radius 3 is 2.43 bits per heavy atom. The second-order valence-corrected chi connectivity index (χ2v) is 7.08. The van der Waals surface area contributed by atoms with Crippen LogP contribution < -0.4 is 5.32 Å². The summed E-state index contributed by atoms with van der Waals surface area (Å²) in [6.07, 6.45) is 0.317. The highest BCUT2D eigenvalue weighted by molar-refractivity contribution is 7.54. The van der Waals surface area contributed by atoms with E-state index in [2.05, 4.69) is 5.32 Å². The lowest BCUT2D eigenvalue weighted by atomic mass is 10.1. The topological polar surface area (TPSA) is 64.6 Å². The molecule has 7 heteroatoms. The number of amides is 1. The predicted molar refractivity (Wildman–Crippen MR) is 83.6 cm³/mol. The molecule has 1 amide bonds. The van der Waals surface area contributed by atoms with Gasteiger partial charge in [-0.25, -0.2) is 0 Å². The number of halogens is 1. The van der Waals surface area contributed by atoms with Gasteiger partial charge in [0.25, 0.3) is 0 Å². The van der Waals surface area contributed by atoms with Gasteiger partial charge in [-0.1, -0.05) is 23.7 Å². The molecular formula is C14H21ClNO4P. The molecule has 0 heterocycles. The zero-order chi connectivity index (χ0) is 15.9. The van der Waals surface area contributed by atoms with Gasteiger partial charge in [0, 0.05) is 18.4 Å². The molecule has 0 radical (unpaired) electrons. The van der Waals surface area contributed by atoms with Crippen LogP contribution in [0.15, 0.2) is 24.3 Å². The quantitative estimate of drug-likeness (QED) is 0.738. The Bertz CT molecular complexity index is 513. The average molecular weight is 334 g/mol. The van der Waals surface area contributed by atoms with Crippen LogP contribution in [-0.2, 0) is 24.8 Å². The number of carbonyl (C=O) groups is 1. The van der Waals surface area contributed by atoms with Gasteiger partial charge in [0.05, 0.1) is 13.2 Å². The van der Waals surface area contributed by atoms with Crippen LogP contribution in [0.3, 0.4) is 0 Å². The summed E-state index contributed by atoms with van der Waals surface area (Å²) in [5.41, 5.74) is 0.848. The average Bonchev–Trinajstić information content (AvgIpc) is 2.38. The van der Waals surface area contributed by atoms with Gasteiger partial charge in [-0.15, -0.1) is 0 Å².